The molecule has 1 amide bonds. The number of anilines is 1. The normalized spacial score (nSPS) is 11.4. The second kappa shape index (κ2) is 6.74. The van der Waals surface area contributed by atoms with Crippen molar-refractivity contribution in [2.45, 2.75) is 0 Å². The molecule has 6 aromatic rings. The molecule has 0 radical (unpaired) electrons. The summed E-state index contributed by atoms with van der Waals surface area (Å²) in [6.45, 7) is 0. The SMILES string of the molecule is O=C(Nc1nc2cccc(-c3nc4ccncc4[nH]3)c2[nH]1)c1nccc2ccccc12. The number of carbonyl (C=O) groups is 1. The zero-order valence-corrected chi connectivity index (χ0v) is 16.1. The first-order valence-corrected chi connectivity index (χ1v) is 9.70. The lowest BCUT2D eigenvalue weighted by molar-refractivity contribution is 0.102. The van der Waals surface area contributed by atoms with Crippen LogP contribution in [0.25, 0.3) is 44.2 Å². The molecule has 4 aromatic heterocycles. The lowest BCUT2D eigenvalue weighted by Gasteiger charge is -2.05. The number of amides is 1. The molecule has 0 aliphatic heterocycles. The Labute approximate surface area is 175 Å². The van der Waals surface area contributed by atoms with Gasteiger partial charge in [-0.3, -0.25) is 20.1 Å². The van der Waals surface area contributed by atoms with Crippen LogP contribution in [0.3, 0.4) is 0 Å². The molecule has 3 N–H and O–H groups in total. The van der Waals surface area contributed by atoms with Crippen molar-refractivity contribution in [3.8, 4) is 11.4 Å². The number of nitrogens with one attached hydrogen (secondary N) is 3. The maximum atomic E-state index is 12.9. The standard InChI is InChI=1S/C23H15N7O/c31-22(20-14-5-2-1-4-13(14)8-11-25-20)30-23-28-17-7-3-6-15(19(17)29-23)21-26-16-9-10-24-12-18(16)27-21/h1-12H,(H,26,27)(H2,28,29,30,31). The zero-order valence-electron chi connectivity index (χ0n) is 16.1. The number of fused-ring (bicyclic) bond motifs is 3. The Balaban J connectivity index is 1.39. The first kappa shape index (κ1) is 17.3. The van der Waals surface area contributed by atoms with Crippen LogP contribution in [-0.2, 0) is 0 Å². The zero-order chi connectivity index (χ0) is 20.8. The van der Waals surface area contributed by atoms with Gasteiger partial charge in [0, 0.05) is 23.3 Å². The summed E-state index contributed by atoms with van der Waals surface area (Å²) in [6.07, 6.45) is 5.07. The Morgan fingerprint density at radius 3 is 2.74 bits per heavy atom. The van der Waals surface area contributed by atoms with E-state index in [9.17, 15) is 4.79 Å². The molecule has 148 valence electrons. The van der Waals surface area contributed by atoms with E-state index in [1.165, 1.54) is 0 Å². The molecule has 0 aliphatic carbocycles. The van der Waals surface area contributed by atoms with Gasteiger partial charge in [0.2, 0.25) is 5.95 Å². The Morgan fingerprint density at radius 2 is 1.81 bits per heavy atom. The smallest absolute Gasteiger partial charge is 0.277 e. The fraction of sp³-hybridized carbons (Fsp3) is 0. The Hall–Kier alpha value is -4.59. The van der Waals surface area contributed by atoms with Crippen molar-refractivity contribution < 1.29 is 4.79 Å². The second-order valence-corrected chi connectivity index (χ2v) is 7.10. The van der Waals surface area contributed by atoms with Gasteiger partial charge in [0.15, 0.2) is 0 Å². The minimum Gasteiger partial charge on any atom is -0.337 e. The number of imidazole rings is 2. The van der Waals surface area contributed by atoms with Gasteiger partial charge in [0.25, 0.3) is 5.91 Å². The molecule has 6 rings (SSSR count). The Bertz CT molecular complexity index is 1560. The first-order chi connectivity index (χ1) is 15.3. The molecule has 0 aliphatic rings. The van der Waals surface area contributed by atoms with Gasteiger partial charge in [-0.25, -0.2) is 9.97 Å². The van der Waals surface area contributed by atoms with Crippen molar-refractivity contribution >= 4 is 44.7 Å². The minimum atomic E-state index is -0.327. The highest BCUT2D eigenvalue weighted by Crippen LogP contribution is 2.28. The summed E-state index contributed by atoms with van der Waals surface area (Å²) in [4.78, 5) is 37.0. The summed E-state index contributed by atoms with van der Waals surface area (Å²) in [6, 6.07) is 17.1. The van der Waals surface area contributed by atoms with Gasteiger partial charge in [-0.1, -0.05) is 30.3 Å². The van der Waals surface area contributed by atoms with Gasteiger partial charge in [0.05, 0.1) is 28.3 Å². The van der Waals surface area contributed by atoms with Crippen LogP contribution in [0.5, 0.6) is 0 Å². The summed E-state index contributed by atoms with van der Waals surface area (Å²) in [7, 11) is 0. The van der Waals surface area contributed by atoms with Crippen molar-refractivity contribution in [2.75, 3.05) is 5.32 Å². The fourth-order valence-corrected chi connectivity index (χ4v) is 3.74. The van der Waals surface area contributed by atoms with Crippen molar-refractivity contribution in [2.24, 2.45) is 0 Å². The number of carbonyl (C=O) groups excluding carboxylic acids is 1. The van der Waals surface area contributed by atoms with E-state index in [4.69, 9.17) is 0 Å². The summed E-state index contributed by atoms with van der Waals surface area (Å²) < 4.78 is 0. The van der Waals surface area contributed by atoms with Gasteiger partial charge in [-0.2, -0.15) is 0 Å². The molecule has 0 unspecified atom stereocenters. The van der Waals surface area contributed by atoms with E-state index in [0.29, 0.717) is 17.5 Å². The van der Waals surface area contributed by atoms with Crippen molar-refractivity contribution in [3.05, 3.63) is 78.9 Å². The molecule has 0 atom stereocenters. The predicted octanol–water partition coefficient (Wildman–Crippen LogP) is 4.30. The predicted molar refractivity (Wildman–Crippen MR) is 119 cm³/mol. The third-order valence-corrected chi connectivity index (χ3v) is 5.18. The maximum absolute atomic E-state index is 12.9. The molecule has 8 nitrogen and oxygen atoms in total. The number of aromatic nitrogens is 6. The van der Waals surface area contributed by atoms with Gasteiger partial charge in [-0.15, -0.1) is 0 Å². The van der Waals surface area contributed by atoms with Crippen LogP contribution < -0.4 is 5.32 Å². The van der Waals surface area contributed by atoms with Crippen LogP contribution in [0.15, 0.2) is 73.2 Å². The third-order valence-electron chi connectivity index (χ3n) is 5.18. The summed E-state index contributed by atoms with van der Waals surface area (Å²) in [5.74, 6) is 0.720. The van der Waals surface area contributed by atoms with E-state index >= 15 is 0 Å². The van der Waals surface area contributed by atoms with E-state index in [0.717, 1.165) is 38.4 Å². The minimum absolute atomic E-state index is 0.327. The maximum Gasteiger partial charge on any atom is 0.277 e. The number of H-pyrrole nitrogens is 2. The van der Waals surface area contributed by atoms with Crippen LogP contribution in [0.1, 0.15) is 10.5 Å². The largest absolute Gasteiger partial charge is 0.337 e. The number of para-hydroxylation sites is 1. The number of nitrogens with zero attached hydrogens (tertiary/aromatic N) is 4. The highest BCUT2D eigenvalue weighted by Gasteiger charge is 2.16. The average Bonchev–Trinajstić information content (AvgIpc) is 3.42. The van der Waals surface area contributed by atoms with Gasteiger partial charge in [-0.05, 0) is 29.7 Å². The summed E-state index contributed by atoms with van der Waals surface area (Å²) in [5, 5.41) is 4.58. The monoisotopic (exact) mass is 405 g/mol. The number of hydrogen-bond donors (Lipinski definition) is 3. The molecular weight excluding hydrogens is 390 g/mol. The molecule has 31 heavy (non-hydrogen) atoms. The summed E-state index contributed by atoms with van der Waals surface area (Å²) >= 11 is 0. The van der Waals surface area contributed by atoms with Crippen molar-refractivity contribution in [1.29, 1.82) is 0 Å². The number of benzene rings is 2. The second-order valence-electron chi connectivity index (χ2n) is 7.10. The van der Waals surface area contributed by atoms with Crippen LogP contribution >= 0.6 is 0 Å². The Morgan fingerprint density at radius 1 is 0.871 bits per heavy atom. The Kier molecular flexibility index (Phi) is 3.76. The van der Waals surface area contributed by atoms with E-state index in [1.54, 1.807) is 18.6 Å². The lowest BCUT2D eigenvalue weighted by Crippen LogP contribution is -2.15. The van der Waals surface area contributed by atoms with Gasteiger partial charge < -0.3 is 9.97 Å². The number of pyridine rings is 2. The van der Waals surface area contributed by atoms with E-state index in [1.807, 2.05) is 54.6 Å². The molecule has 2 aromatic carbocycles. The number of hydrogen-bond acceptors (Lipinski definition) is 5. The third kappa shape index (κ3) is 2.89. The average molecular weight is 405 g/mol. The highest BCUT2D eigenvalue weighted by molar-refractivity contribution is 6.11. The van der Waals surface area contributed by atoms with Crippen LogP contribution in [-0.4, -0.2) is 35.8 Å². The molecule has 0 bridgehead atoms. The molecule has 0 saturated carbocycles. The van der Waals surface area contributed by atoms with Crippen molar-refractivity contribution in [1.82, 2.24) is 29.9 Å². The van der Waals surface area contributed by atoms with Crippen LogP contribution in [0, 0.1) is 0 Å². The highest BCUT2D eigenvalue weighted by atomic mass is 16.2. The number of rotatable bonds is 3. The molecule has 0 spiro atoms. The fourth-order valence-electron chi connectivity index (χ4n) is 3.74. The molecule has 0 saturated heterocycles. The quantitative estimate of drug-likeness (QED) is 0.406. The van der Waals surface area contributed by atoms with E-state index in [2.05, 4.69) is 35.2 Å². The van der Waals surface area contributed by atoms with Crippen molar-refractivity contribution in [3.63, 3.8) is 0 Å². The molecule has 0 fully saturated rings. The van der Waals surface area contributed by atoms with Crippen LogP contribution in [0.2, 0.25) is 0 Å². The molecule has 8 heteroatoms. The van der Waals surface area contributed by atoms with Gasteiger partial charge in [0.1, 0.15) is 11.5 Å². The topological polar surface area (TPSA) is 112 Å². The van der Waals surface area contributed by atoms with E-state index in [-0.39, 0.29) is 5.91 Å². The lowest BCUT2D eigenvalue weighted by atomic mass is 10.1. The molecule has 4 heterocycles. The van der Waals surface area contributed by atoms with Gasteiger partial charge >= 0.3 is 0 Å². The molecular formula is C23H15N7O. The van der Waals surface area contributed by atoms with E-state index < -0.39 is 0 Å². The number of aromatic amines is 2. The van der Waals surface area contributed by atoms with Crippen LogP contribution in [0.4, 0.5) is 5.95 Å². The summed E-state index contributed by atoms with van der Waals surface area (Å²) in [5.41, 5.74) is 4.38. The first-order valence-electron chi connectivity index (χ1n) is 9.70.